The number of ether oxygens (including phenoxy) is 1. The number of likely N-dealkylation sites (N-methyl/N-ethyl adjacent to an activating group) is 1. The normalized spacial score (nSPS) is 10.1. The van der Waals surface area contributed by atoms with Gasteiger partial charge in [0.05, 0.1) is 13.0 Å². The molecule has 0 atom stereocenters. The summed E-state index contributed by atoms with van der Waals surface area (Å²) in [5, 5.41) is 11.6. The van der Waals surface area contributed by atoms with Gasteiger partial charge >= 0.3 is 12.0 Å². The number of nitrogens with zero attached hydrogens (tertiary/aromatic N) is 1. The molecular formula is C14H20N2O4. The van der Waals surface area contributed by atoms with Crippen LogP contribution < -0.4 is 5.32 Å². The Labute approximate surface area is 118 Å². The van der Waals surface area contributed by atoms with E-state index in [1.165, 1.54) is 0 Å². The maximum atomic E-state index is 12.1. The van der Waals surface area contributed by atoms with Gasteiger partial charge < -0.3 is 20.1 Å². The van der Waals surface area contributed by atoms with Gasteiger partial charge in [0.15, 0.2) is 0 Å². The van der Waals surface area contributed by atoms with Crippen molar-refractivity contribution in [3.8, 4) is 0 Å². The molecule has 110 valence electrons. The highest BCUT2D eigenvalue weighted by Gasteiger charge is 2.14. The largest absolute Gasteiger partial charge is 0.481 e. The van der Waals surface area contributed by atoms with Crippen LogP contribution in [0.4, 0.5) is 10.5 Å². The lowest BCUT2D eigenvalue weighted by Gasteiger charge is -2.21. The molecule has 0 unspecified atom stereocenters. The minimum atomic E-state index is -0.932. The summed E-state index contributed by atoms with van der Waals surface area (Å²) in [4.78, 5) is 24.5. The first kappa shape index (κ1) is 16.0. The zero-order valence-electron chi connectivity index (χ0n) is 11.8. The standard InChI is InChI=1S/C14H20N2O4/c1-3-16(8-9-20-2)14(19)15-12-7-5-4-6-11(12)10-13(17)18/h4-7H,3,8-10H2,1-2H3,(H,15,19)(H,17,18). The molecular weight excluding hydrogens is 260 g/mol. The zero-order valence-corrected chi connectivity index (χ0v) is 11.8. The van der Waals surface area contributed by atoms with Gasteiger partial charge in [-0.05, 0) is 18.6 Å². The van der Waals surface area contributed by atoms with E-state index in [2.05, 4.69) is 5.32 Å². The predicted octanol–water partition coefficient (Wildman–Crippen LogP) is 1.81. The third kappa shape index (κ3) is 4.89. The van der Waals surface area contributed by atoms with Gasteiger partial charge in [-0.15, -0.1) is 0 Å². The Morgan fingerprint density at radius 2 is 2.05 bits per heavy atom. The lowest BCUT2D eigenvalue weighted by molar-refractivity contribution is -0.136. The number of para-hydroxylation sites is 1. The van der Waals surface area contributed by atoms with Gasteiger partial charge in [0, 0.05) is 25.9 Å². The van der Waals surface area contributed by atoms with Crippen molar-refractivity contribution in [3.05, 3.63) is 29.8 Å². The van der Waals surface area contributed by atoms with E-state index in [1.54, 1.807) is 36.3 Å². The molecule has 0 fully saturated rings. The first-order valence-electron chi connectivity index (χ1n) is 6.43. The highest BCUT2D eigenvalue weighted by Crippen LogP contribution is 2.16. The minimum absolute atomic E-state index is 0.124. The van der Waals surface area contributed by atoms with Crippen molar-refractivity contribution in [2.24, 2.45) is 0 Å². The fourth-order valence-electron chi connectivity index (χ4n) is 1.76. The van der Waals surface area contributed by atoms with E-state index in [0.29, 0.717) is 30.9 Å². The Bertz CT molecular complexity index is 462. The molecule has 0 aliphatic carbocycles. The number of nitrogens with one attached hydrogen (secondary N) is 1. The van der Waals surface area contributed by atoms with E-state index in [9.17, 15) is 9.59 Å². The Hall–Kier alpha value is -2.08. The van der Waals surface area contributed by atoms with Crippen molar-refractivity contribution in [1.29, 1.82) is 0 Å². The van der Waals surface area contributed by atoms with E-state index >= 15 is 0 Å². The molecule has 0 bridgehead atoms. The number of hydrogen-bond donors (Lipinski definition) is 2. The third-order valence-corrected chi connectivity index (χ3v) is 2.83. The van der Waals surface area contributed by atoms with Gasteiger partial charge in [-0.25, -0.2) is 4.79 Å². The number of aliphatic carboxylic acids is 1. The molecule has 0 radical (unpaired) electrons. The van der Waals surface area contributed by atoms with Crippen LogP contribution >= 0.6 is 0 Å². The first-order valence-corrected chi connectivity index (χ1v) is 6.43. The van der Waals surface area contributed by atoms with E-state index in [1.807, 2.05) is 6.92 Å². The molecule has 2 amide bonds. The van der Waals surface area contributed by atoms with Gasteiger partial charge in [-0.1, -0.05) is 18.2 Å². The molecule has 0 saturated heterocycles. The second-order valence-corrected chi connectivity index (χ2v) is 4.23. The number of rotatable bonds is 7. The van der Waals surface area contributed by atoms with Crippen molar-refractivity contribution in [3.63, 3.8) is 0 Å². The summed E-state index contributed by atoms with van der Waals surface area (Å²) in [6.07, 6.45) is -0.124. The van der Waals surface area contributed by atoms with E-state index < -0.39 is 5.97 Å². The second kappa shape index (κ2) is 8.16. The maximum absolute atomic E-state index is 12.1. The smallest absolute Gasteiger partial charge is 0.321 e. The van der Waals surface area contributed by atoms with Crippen molar-refractivity contribution < 1.29 is 19.4 Å². The number of carbonyl (C=O) groups is 2. The number of amides is 2. The molecule has 0 saturated carbocycles. The van der Waals surface area contributed by atoms with Crippen LogP contribution in [-0.4, -0.2) is 48.8 Å². The highest BCUT2D eigenvalue weighted by molar-refractivity contribution is 5.91. The van der Waals surface area contributed by atoms with E-state index in [-0.39, 0.29) is 12.5 Å². The molecule has 0 aromatic heterocycles. The number of carbonyl (C=O) groups excluding carboxylic acids is 1. The molecule has 20 heavy (non-hydrogen) atoms. The van der Waals surface area contributed by atoms with Crippen molar-refractivity contribution in [2.45, 2.75) is 13.3 Å². The summed E-state index contributed by atoms with van der Waals surface area (Å²) in [7, 11) is 1.58. The predicted molar refractivity (Wildman–Crippen MR) is 75.9 cm³/mol. The Morgan fingerprint density at radius 1 is 1.35 bits per heavy atom. The van der Waals surface area contributed by atoms with Crippen LogP contribution in [0.1, 0.15) is 12.5 Å². The average molecular weight is 280 g/mol. The minimum Gasteiger partial charge on any atom is -0.481 e. The maximum Gasteiger partial charge on any atom is 0.321 e. The molecule has 0 heterocycles. The van der Waals surface area contributed by atoms with Crippen LogP contribution in [0.3, 0.4) is 0 Å². The summed E-state index contributed by atoms with van der Waals surface area (Å²) >= 11 is 0. The van der Waals surface area contributed by atoms with Crippen LogP contribution in [0.5, 0.6) is 0 Å². The summed E-state index contributed by atoms with van der Waals surface area (Å²) in [5.41, 5.74) is 1.10. The van der Waals surface area contributed by atoms with Gasteiger partial charge in [-0.3, -0.25) is 4.79 Å². The second-order valence-electron chi connectivity index (χ2n) is 4.23. The third-order valence-electron chi connectivity index (χ3n) is 2.83. The lowest BCUT2D eigenvalue weighted by Crippen LogP contribution is -2.37. The summed E-state index contributed by atoms with van der Waals surface area (Å²) in [6, 6.07) is 6.63. The van der Waals surface area contributed by atoms with Crippen LogP contribution in [0.15, 0.2) is 24.3 Å². The lowest BCUT2D eigenvalue weighted by atomic mass is 10.1. The van der Waals surface area contributed by atoms with Gasteiger partial charge in [0.1, 0.15) is 0 Å². The van der Waals surface area contributed by atoms with Crippen LogP contribution in [0.25, 0.3) is 0 Å². The molecule has 1 rings (SSSR count). The van der Waals surface area contributed by atoms with Gasteiger partial charge in [-0.2, -0.15) is 0 Å². The summed E-state index contributed by atoms with van der Waals surface area (Å²) in [6.45, 7) is 3.37. The number of benzene rings is 1. The van der Waals surface area contributed by atoms with Gasteiger partial charge in [0.2, 0.25) is 0 Å². The topological polar surface area (TPSA) is 78.9 Å². The van der Waals surface area contributed by atoms with Crippen molar-refractivity contribution in [1.82, 2.24) is 4.90 Å². The van der Waals surface area contributed by atoms with Crippen LogP contribution in [-0.2, 0) is 16.0 Å². The quantitative estimate of drug-likeness (QED) is 0.798. The Kier molecular flexibility index (Phi) is 6.52. The fourth-order valence-corrected chi connectivity index (χ4v) is 1.76. The number of urea groups is 1. The number of methoxy groups -OCH3 is 1. The monoisotopic (exact) mass is 280 g/mol. The SMILES string of the molecule is CCN(CCOC)C(=O)Nc1ccccc1CC(=O)O. The molecule has 0 aliphatic heterocycles. The first-order chi connectivity index (χ1) is 9.58. The van der Waals surface area contributed by atoms with Crippen LogP contribution in [0, 0.1) is 0 Å². The van der Waals surface area contributed by atoms with Crippen molar-refractivity contribution >= 4 is 17.7 Å². The van der Waals surface area contributed by atoms with Crippen LogP contribution in [0.2, 0.25) is 0 Å². The number of carboxylic acid groups (broad SMARTS) is 1. The molecule has 1 aromatic carbocycles. The number of anilines is 1. The molecule has 1 aromatic rings. The number of hydrogen-bond acceptors (Lipinski definition) is 3. The molecule has 0 aliphatic rings. The zero-order chi connectivity index (χ0) is 15.0. The Balaban J connectivity index is 2.76. The highest BCUT2D eigenvalue weighted by atomic mass is 16.5. The Morgan fingerprint density at radius 3 is 2.65 bits per heavy atom. The summed E-state index contributed by atoms with van der Waals surface area (Å²) in [5.74, 6) is -0.932. The molecule has 6 heteroatoms. The van der Waals surface area contributed by atoms with E-state index in [0.717, 1.165) is 0 Å². The summed E-state index contributed by atoms with van der Waals surface area (Å²) < 4.78 is 4.95. The average Bonchev–Trinajstić information content (AvgIpc) is 2.41. The fraction of sp³-hybridized carbons (Fsp3) is 0.429. The molecule has 6 nitrogen and oxygen atoms in total. The van der Waals surface area contributed by atoms with Crippen molar-refractivity contribution in [2.75, 3.05) is 32.1 Å². The molecule has 0 spiro atoms. The molecule has 2 N–H and O–H groups in total. The van der Waals surface area contributed by atoms with Gasteiger partial charge in [0.25, 0.3) is 0 Å². The van der Waals surface area contributed by atoms with E-state index in [4.69, 9.17) is 9.84 Å². The number of carboxylic acids is 1.